The lowest BCUT2D eigenvalue weighted by Crippen LogP contribution is -2.28. The van der Waals surface area contributed by atoms with Crippen LogP contribution in [0, 0.1) is 0 Å². The molecule has 11 aromatic carbocycles. The first kappa shape index (κ1) is 39.1. The summed E-state index contributed by atoms with van der Waals surface area (Å²) < 4.78 is 0. The molecule has 1 aliphatic rings. The van der Waals surface area contributed by atoms with Crippen LogP contribution in [0.5, 0.6) is 0 Å². The number of anilines is 3. The number of fused-ring (bicyclic) bond motifs is 4. The highest BCUT2D eigenvalue weighted by Gasteiger charge is 2.47. The molecule has 0 fully saturated rings. The van der Waals surface area contributed by atoms with Gasteiger partial charge in [0.15, 0.2) is 0 Å². The van der Waals surface area contributed by atoms with Gasteiger partial charge in [-0.1, -0.05) is 243 Å². The first-order chi connectivity index (χ1) is 32.7. The van der Waals surface area contributed by atoms with Gasteiger partial charge in [0.25, 0.3) is 0 Å². The molecule has 66 heavy (non-hydrogen) atoms. The molecule has 12 rings (SSSR count). The Kier molecular flexibility index (Phi) is 9.81. The highest BCUT2D eigenvalue weighted by molar-refractivity contribution is 6.00. The predicted molar refractivity (Wildman–Crippen MR) is 278 cm³/mol. The van der Waals surface area contributed by atoms with Crippen LogP contribution in [-0.4, -0.2) is 0 Å². The topological polar surface area (TPSA) is 3.24 Å². The zero-order valence-electron chi connectivity index (χ0n) is 36.4. The van der Waals surface area contributed by atoms with Gasteiger partial charge in [-0.05, 0) is 108 Å². The number of rotatable bonds is 9. The van der Waals surface area contributed by atoms with Crippen molar-refractivity contribution in [2.45, 2.75) is 5.41 Å². The highest BCUT2D eigenvalue weighted by Crippen LogP contribution is 2.60. The van der Waals surface area contributed by atoms with E-state index in [1.165, 1.54) is 77.5 Å². The SMILES string of the molecule is c1ccc(-c2ccc(-c3ccc(N(c4ccccc4-c4ccc(-c5ccc6ccccc6c5)cc4)c4cccc5c4-c4ccccc4C5(c4ccccc4)c4ccccc4)cc3)cc2)cc1. The molecule has 1 heteroatoms. The highest BCUT2D eigenvalue weighted by atomic mass is 15.1. The minimum absolute atomic E-state index is 0.524. The predicted octanol–water partition coefficient (Wildman–Crippen LogP) is 17.3. The Morgan fingerprint density at radius 1 is 0.258 bits per heavy atom. The van der Waals surface area contributed by atoms with E-state index in [2.05, 4.69) is 278 Å². The average molecular weight is 840 g/mol. The third kappa shape index (κ3) is 6.64. The van der Waals surface area contributed by atoms with E-state index in [0.29, 0.717) is 0 Å². The van der Waals surface area contributed by atoms with Gasteiger partial charge in [-0.3, -0.25) is 0 Å². The molecular weight excluding hydrogens is 795 g/mol. The van der Waals surface area contributed by atoms with Gasteiger partial charge in [0.1, 0.15) is 0 Å². The van der Waals surface area contributed by atoms with Crippen molar-refractivity contribution >= 4 is 27.8 Å². The van der Waals surface area contributed by atoms with Crippen LogP contribution in [0.3, 0.4) is 0 Å². The lowest BCUT2D eigenvalue weighted by molar-refractivity contribution is 0.768. The van der Waals surface area contributed by atoms with E-state index in [1.807, 2.05) is 0 Å². The quantitative estimate of drug-likeness (QED) is 0.140. The van der Waals surface area contributed by atoms with E-state index in [9.17, 15) is 0 Å². The van der Waals surface area contributed by atoms with Gasteiger partial charge < -0.3 is 4.90 Å². The molecule has 0 amide bonds. The molecule has 1 aliphatic carbocycles. The molecule has 310 valence electrons. The summed E-state index contributed by atoms with van der Waals surface area (Å²) in [6.45, 7) is 0. The lowest BCUT2D eigenvalue weighted by Gasteiger charge is -2.34. The second-order valence-corrected chi connectivity index (χ2v) is 17.2. The van der Waals surface area contributed by atoms with Crippen LogP contribution in [0.25, 0.3) is 66.4 Å². The van der Waals surface area contributed by atoms with Crippen LogP contribution in [0.2, 0.25) is 0 Å². The molecule has 0 radical (unpaired) electrons. The van der Waals surface area contributed by atoms with Gasteiger partial charge in [-0.25, -0.2) is 0 Å². The van der Waals surface area contributed by atoms with E-state index in [4.69, 9.17) is 0 Å². The van der Waals surface area contributed by atoms with E-state index in [-0.39, 0.29) is 0 Å². The summed E-state index contributed by atoms with van der Waals surface area (Å²) in [5.74, 6) is 0. The van der Waals surface area contributed by atoms with Crippen molar-refractivity contribution in [3.05, 3.63) is 295 Å². The summed E-state index contributed by atoms with van der Waals surface area (Å²) in [4.78, 5) is 2.50. The third-order valence-electron chi connectivity index (χ3n) is 13.6. The van der Waals surface area contributed by atoms with Crippen LogP contribution < -0.4 is 4.90 Å². The Morgan fingerprint density at radius 3 is 1.35 bits per heavy atom. The molecule has 11 aromatic rings. The monoisotopic (exact) mass is 839 g/mol. The Balaban J connectivity index is 1.04. The second-order valence-electron chi connectivity index (χ2n) is 17.2. The lowest BCUT2D eigenvalue weighted by atomic mass is 9.68. The molecule has 0 aliphatic heterocycles. The third-order valence-corrected chi connectivity index (χ3v) is 13.6. The first-order valence-electron chi connectivity index (χ1n) is 22.8. The maximum absolute atomic E-state index is 2.50. The minimum Gasteiger partial charge on any atom is -0.309 e. The van der Waals surface area contributed by atoms with Crippen molar-refractivity contribution in [3.8, 4) is 55.6 Å². The number of benzene rings is 11. The summed E-state index contributed by atoms with van der Waals surface area (Å²) >= 11 is 0. The Labute approximate surface area is 387 Å². The average Bonchev–Trinajstić information content (AvgIpc) is 3.71. The Morgan fingerprint density at radius 2 is 0.697 bits per heavy atom. The summed E-state index contributed by atoms with van der Waals surface area (Å²) in [6.07, 6.45) is 0. The summed E-state index contributed by atoms with van der Waals surface area (Å²) in [6, 6.07) is 100. The van der Waals surface area contributed by atoms with Crippen LogP contribution in [0.15, 0.2) is 273 Å². The fourth-order valence-corrected chi connectivity index (χ4v) is 10.5. The fraction of sp³-hybridized carbons (Fsp3) is 0.0154. The Hall–Kier alpha value is -8.52. The summed E-state index contributed by atoms with van der Waals surface area (Å²) in [7, 11) is 0. The molecule has 0 atom stereocenters. The summed E-state index contributed by atoms with van der Waals surface area (Å²) in [5.41, 5.74) is 19.9. The van der Waals surface area contributed by atoms with E-state index in [0.717, 1.165) is 28.2 Å². The molecule has 0 saturated heterocycles. The van der Waals surface area contributed by atoms with Crippen LogP contribution in [0.1, 0.15) is 22.3 Å². The zero-order valence-corrected chi connectivity index (χ0v) is 36.4. The molecule has 0 saturated carbocycles. The van der Waals surface area contributed by atoms with Gasteiger partial charge >= 0.3 is 0 Å². The smallest absolute Gasteiger partial charge is 0.0714 e. The number of hydrogen-bond acceptors (Lipinski definition) is 1. The number of nitrogens with zero attached hydrogens (tertiary/aromatic N) is 1. The molecule has 0 N–H and O–H groups in total. The van der Waals surface area contributed by atoms with E-state index < -0.39 is 5.41 Å². The van der Waals surface area contributed by atoms with Crippen LogP contribution in [0.4, 0.5) is 17.1 Å². The van der Waals surface area contributed by atoms with Crippen LogP contribution >= 0.6 is 0 Å². The fourth-order valence-electron chi connectivity index (χ4n) is 10.5. The Bertz CT molecular complexity index is 3440. The van der Waals surface area contributed by atoms with Crippen molar-refractivity contribution in [1.29, 1.82) is 0 Å². The largest absolute Gasteiger partial charge is 0.309 e. The van der Waals surface area contributed by atoms with Crippen molar-refractivity contribution < 1.29 is 0 Å². The van der Waals surface area contributed by atoms with E-state index in [1.54, 1.807) is 0 Å². The normalized spacial score (nSPS) is 12.4. The number of hydrogen-bond donors (Lipinski definition) is 0. The molecule has 0 bridgehead atoms. The van der Waals surface area contributed by atoms with Crippen molar-refractivity contribution in [2.75, 3.05) is 4.90 Å². The second kappa shape index (κ2) is 16.6. The van der Waals surface area contributed by atoms with E-state index >= 15 is 0 Å². The molecule has 0 heterocycles. The minimum atomic E-state index is -0.524. The maximum Gasteiger partial charge on any atom is 0.0714 e. The molecule has 0 unspecified atom stereocenters. The van der Waals surface area contributed by atoms with Gasteiger partial charge in [-0.2, -0.15) is 0 Å². The molecule has 0 aromatic heterocycles. The molecule has 1 nitrogen and oxygen atoms in total. The number of para-hydroxylation sites is 1. The van der Waals surface area contributed by atoms with Gasteiger partial charge in [0.05, 0.1) is 16.8 Å². The van der Waals surface area contributed by atoms with Crippen LogP contribution in [-0.2, 0) is 5.41 Å². The first-order valence-corrected chi connectivity index (χ1v) is 22.8. The van der Waals surface area contributed by atoms with Crippen molar-refractivity contribution in [1.82, 2.24) is 0 Å². The van der Waals surface area contributed by atoms with Gasteiger partial charge in [-0.15, -0.1) is 0 Å². The summed E-state index contributed by atoms with van der Waals surface area (Å²) in [5, 5.41) is 2.50. The maximum atomic E-state index is 2.50. The van der Waals surface area contributed by atoms with Gasteiger partial charge in [0.2, 0.25) is 0 Å². The standard InChI is InChI=1S/C65H45N/c1-4-17-46(18-5-1)48-31-33-49(34-32-48)50-41-43-57(44-42-50)66(62-29-15-13-25-58(62)52-38-35-51(36-39-52)54-40-37-47-19-10-11-20-53(47)45-54)63-30-16-28-61-64(63)59-26-12-14-27-60(59)65(61,55-21-6-2-7-22-55)56-23-8-3-9-24-56/h1-45H. The van der Waals surface area contributed by atoms with Crippen molar-refractivity contribution in [3.63, 3.8) is 0 Å². The van der Waals surface area contributed by atoms with Crippen molar-refractivity contribution in [2.24, 2.45) is 0 Å². The zero-order chi connectivity index (χ0) is 43.9. The van der Waals surface area contributed by atoms with Gasteiger partial charge in [0, 0.05) is 16.8 Å². The molecule has 0 spiro atoms. The molecular formula is C65H45N.